The minimum atomic E-state index is 0.787. The van der Waals surface area contributed by atoms with Crippen LogP contribution in [0, 0.1) is 19.8 Å². The number of aryl methyl sites for hydroxylation is 2. The first-order valence-corrected chi connectivity index (χ1v) is 7.79. The smallest absolute Gasteiger partial charge is 0.0628 e. The van der Waals surface area contributed by atoms with Crippen LogP contribution < -0.4 is 5.32 Å². The van der Waals surface area contributed by atoms with E-state index < -0.39 is 0 Å². The van der Waals surface area contributed by atoms with Crippen molar-refractivity contribution in [2.24, 2.45) is 5.92 Å². The molecule has 0 saturated heterocycles. The first kappa shape index (κ1) is 16.2. The number of aromatic nitrogens is 2. The Hall–Kier alpha value is -0.830. The van der Waals surface area contributed by atoms with Crippen LogP contribution in [0.15, 0.2) is 0 Å². The molecule has 19 heavy (non-hydrogen) atoms. The Kier molecular flexibility index (Phi) is 7.14. The number of nitrogens with one attached hydrogen (secondary N) is 1. The van der Waals surface area contributed by atoms with E-state index in [1.807, 2.05) is 0 Å². The average Bonchev–Trinajstić information content (AvgIpc) is 2.61. The molecule has 0 spiro atoms. The predicted molar refractivity (Wildman–Crippen MR) is 82.6 cm³/mol. The molecule has 110 valence electrons. The molecule has 0 aliphatic heterocycles. The Bertz CT molecular complexity index is 366. The normalized spacial score (nSPS) is 11.5. The van der Waals surface area contributed by atoms with Crippen molar-refractivity contribution in [1.82, 2.24) is 15.1 Å². The predicted octanol–water partition coefficient (Wildman–Crippen LogP) is 3.48. The van der Waals surface area contributed by atoms with E-state index in [-0.39, 0.29) is 0 Å². The molecule has 0 aliphatic rings. The summed E-state index contributed by atoms with van der Waals surface area (Å²) in [7, 11) is 0. The van der Waals surface area contributed by atoms with Gasteiger partial charge in [0.1, 0.15) is 0 Å². The molecule has 3 nitrogen and oxygen atoms in total. The van der Waals surface area contributed by atoms with Crippen molar-refractivity contribution >= 4 is 0 Å². The standard InChI is InChI=1S/C16H31N3/c1-6-10-17-11-9-16-14(4)18-19(15(16)5)12-7-8-13(2)3/h13,17H,6-12H2,1-5H3. The molecule has 3 heteroatoms. The molecule has 0 unspecified atom stereocenters. The van der Waals surface area contributed by atoms with Crippen LogP contribution in [0.25, 0.3) is 0 Å². The van der Waals surface area contributed by atoms with E-state index in [1.165, 1.54) is 36.2 Å². The summed E-state index contributed by atoms with van der Waals surface area (Å²) in [4.78, 5) is 0. The van der Waals surface area contributed by atoms with Gasteiger partial charge in [-0.2, -0.15) is 5.10 Å². The molecule has 0 fully saturated rings. The maximum absolute atomic E-state index is 4.69. The second kappa shape index (κ2) is 8.36. The van der Waals surface area contributed by atoms with Gasteiger partial charge in [0.05, 0.1) is 5.69 Å². The van der Waals surface area contributed by atoms with E-state index in [2.05, 4.69) is 44.6 Å². The fourth-order valence-corrected chi connectivity index (χ4v) is 2.48. The van der Waals surface area contributed by atoms with Gasteiger partial charge in [-0.15, -0.1) is 0 Å². The third-order valence-corrected chi connectivity index (χ3v) is 3.66. The van der Waals surface area contributed by atoms with E-state index in [1.54, 1.807) is 0 Å². The summed E-state index contributed by atoms with van der Waals surface area (Å²) >= 11 is 0. The molecule has 0 radical (unpaired) electrons. The number of hydrogen-bond donors (Lipinski definition) is 1. The van der Waals surface area contributed by atoms with Crippen molar-refractivity contribution in [3.63, 3.8) is 0 Å². The van der Waals surface area contributed by atoms with Crippen molar-refractivity contribution in [2.45, 2.75) is 66.8 Å². The van der Waals surface area contributed by atoms with E-state index in [0.717, 1.165) is 32.0 Å². The van der Waals surface area contributed by atoms with Gasteiger partial charge in [0, 0.05) is 12.2 Å². The topological polar surface area (TPSA) is 29.9 Å². The van der Waals surface area contributed by atoms with Crippen LogP contribution in [0.1, 0.15) is 57.0 Å². The Balaban J connectivity index is 2.51. The van der Waals surface area contributed by atoms with E-state index in [4.69, 9.17) is 5.10 Å². The summed E-state index contributed by atoms with van der Waals surface area (Å²) in [6.07, 6.45) is 4.81. The molecule has 1 aromatic heterocycles. The minimum absolute atomic E-state index is 0.787. The summed E-state index contributed by atoms with van der Waals surface area (Å²) in [5, 5.41) is 8.16. The number of nitrogens with zero attached hydrogens (tertiary/aromatic N) is 2. The molecular formula is C16H31N3. The fourth-order valence-electron chi connectivity index (χ4n) is 2.48. The Morgan fingerprint density at radius 2 is 1.95 bits per heavy atom. The average molecular weight is 265 g/mol. The highest BCUT2D eigenvalue weighted by atomic mass is 15.3. The molecule has 1 rings (SSSR count). The number of hydrogen-bond acceptors (Lipinski definition) is 2. The quantitative estimate of drug-likeness (QED) is 0.693. The van der Waals surface area contributed by atoms with Gasteiger partial charge in [0.2, 0.25) is 0 Å². The van der Waals surface area contributed by atoms with Crippen molar-refractivity contribution < 1.29 is 0 Å². The lowest BCUT2D eigenvalue weighted by Gasteiger charge is -2.07. The second-order valence-electron chi connectivity index (χ2n) is 5.91. The highest BCUT2D eigenvalue weighted by molar-refractivity contribution is 5.24. The van der Waals surface area contributed by atoms with Crippen LogP contribution in [0.3, 0.4) is 0 Å². The third-order valence-electron chi connectivity index (χ3n) is 3.66. The summed E-state index contributed by atoms with van der Waals surface area (Å²) in [5.41, 5.74) is 4.01. The van der Waals surface area contributed by atoms with Gasteiger partial charge in [0.15, 0.2) is 0 Å². The van der Waals surface area contributed by atoms with Gasteiger partial charge < -0.3 is 5.32 Å². The molecule has 0 atom stereocenters. The van der Waals surface area contributed by atoms with E-state index in [0.29, 0.717) is 0 Å². The van der Waals surface area contributed by atoms with Crippen LogP contribution in [0.4, 0.5) is 0 Å². The Morgan fingerprint density at radius 3 is 2.58 bits per heavy atom. The van der Waals surface area contributed by atoms with E-state index >= 15 is 0 Å². The first-order valence-electron chi connectivity index (χ1n) is 7.79. The zero-order chi connectivity index (χ0) is 14.3. The molecule has 1 heterocycles. The maximum Gasteiger partial charge on any atom is 0.0628 e. The molecule has 0 aromatic carbocycles. The maximum atomic E-state index is 4.69. The van der Waals surface area contributed by atoms with Crippen LogP contribution in [0.5, 0.6) is 0 Å². The van der Waals surface area contributed by atoms with Crippen LogP contribution in [-0.2, 0) is 13.0 Å². The molecular weight excluding hydrogens is 234 g/mol. The largest absolute Gasteiger partial charge is 0.316 e. The summed E-state index contributed by atoms with van der Waals surface area (Å²) < 4.78 is 2.20. The number of rotatable bonds is 9. The van der Waals surface area contributed by atoms with Gasteiger partial charge in [-0.05, 0) is 64.1 Å². The monoisotopic (exact) mass is 265 g/mol. The van der Waals surface area contributed by atoms with Crippen LogP contribution in [-0.4, -0.2) is 22.9 Å². The van der Waals surface area contributed by atoms with Crippen LogP contribution >= 0.6 is 0 Å². The zero-order valence-electron chi connectivity index (χ0n) is 13.4. The van der Waals surface area contributed by atoms with E-state index in [9.17, 15) is 0 Å². The summed E-state index contributed by atoms with van der Waals surface area (Å²) in [5.74, 6) is 0.787. The van der Waals surface area contributed by atoms with Crippen molar-refractivity contribution in [1.29, 1.82) is 0 Å². The lowest BCUT2D eigenvalue weighted by atomic mass is 10.1. The van der Waals surface area contributed by atoms with Crippen molar-refractivity contribution in [2.75, 3.05) is 13.1 Å². The molecule has 1 N–H and O–H groups in total. The second-order valence-corrected chi connectivity index (χ2v) is 5.91. The molecule has 0 aliphatic carbocycles. The van der Waals surface area contributed by atoms with Crippen molar-refractivity contribution in [3.05, 3.63) is 17.0 Å². The molecule has 0 saturated carbocycles. The SMILES string of the molecule is CCCNCCc1c(C)nn(CCCC(C)C)c1C. The van der Waals surface area contributed by atoms with Gasteiger partial charge in [-0.1, -0.05) is 20.8 Å². The zero-order valence-corrected chi connectivity index (χ0v) is 13.4. The highest BCUT2D eigenvalue weighted by Gasteiger charge is 2.10. The molecule has 1 aromatic rings. The van der Waals surface area contributed by atoms with Crippen molar-refractivity contribution in [3.8, 4) is 0 Å². The minimum Gasteiger partial charge on any atom is -0.316 e. The van der Waals surface area contributed by atoms with Gasteiger partial charge >= 0.3 is 0 Å². The van der Waals surface area contributed by atoms with Gasteiger partial charge in [-0.25, -0.2) is 0 Å². The van der Waals surface area contributed by atoms with Gasteiger partial charge in [-0.3, -0.25) is 4.68 Å². The molecule has 0 bridgehead atoms. The third kappa shape index (κ3) is 5.35. The highest BCUT2D eigenvalue weighted by Crippen LogP contribution is 2.15. The Morgan fingerprint density at radius 1 is 1.21 bits per heavy atom. The summed E-state index contributed by atoms with van der Waals surface area (Å²) in [6.45, 7) is 14.4. The van der Waals surface area contributed by atoms with Crippen LogP contribution in [0.2, 0.25) is 0 Å². The fraction of sp³-hybridized carbons (Fsp3) is 0.812. The Labute approximate surface area is 118 Å². The lowest BCUT2D eigenvalue weighted by Crippen LogP contribution is -2.18. The van der Waals surface area contributed by atoms with Gasteiger partial charge in [0.25, 0.3) is 0 Å². The summed E-state index contributed by atoms with van der Waals surface area (Å²) in [6, 6.07) is 0. The lowest BCUT2D eigenvalue weighted by molar-refractivity contribution is 0.483. The first-order chi connectivity index (χ1) is 9.06. The molecule has 0 amide bonds.